The van der Waals surface area contributed by atoms with Gasteiger partial charge in [0.25, 0.3) is 0 Å². The largest absolute Gasteiger partial charge is 0.444 e. The lowest BCUT2D eigenvalue weighted by Gasteiger charge is -2.21. The molecular weight excluding hydrogens is 342 g/mol. The summed E-state index contributed by atoms with van der Waals surface area (Å²) >= 11 is 5.75. The van der Waals surface area contributed by atoms with Crippen LogP contribution in [0.25, 0.3) is 0 Å². The maximum Gasteiger partial charge on any atom is 0.408 e. The zero-order chi connectivity index (χ0) is 17.5. The SMILES string of the molecule is CC(C)(C)OC(=O)N[C@@]1(C=O)C[C@H]1S(=O)(=O)c1ccc(Cl)cc1. The zero-order valence-electron chi connectivity index (χ0n) is 13.0. The third-order valence-electron chi connectivity index (χ3n) is 3.40. The Kier molecular flexibility index (Phi) is 4.47. The highest BCUT2D eigenvalue weighted by Gasteiger charge is 2.63. The fraction of sp³-hybridized carbons (Fsp3) is 0.467. The van der Waals surface area contributed by atoms with Gasteiger partial charge in [0.05, 0.1) is 10.1 Å². The third kappa shape index (κ3) is 3.84. The standard InChI is InChI=1S/C15H18ClNO5S/c1-14(2,3)22-13(19)17-15(9-18)8-12(15)23(20,21)11-6-4-10(16)5-7-11/h4-7,9,12H,8H2,1-3H3,(H,17,19)/t12-,15-/m1/s1. The van der Waals surface area contributed by atoms with Gasteiger partial charge >= 0.3 is 6.09 Å². The predicted octanol–water partition coefficient (Wildman–Crippen LogP) is 2.35. The summed E-state index contributed by atoms with van der Waals surface area (Å²) in [5.74, 6) is 0. The van der Waals surface area contributed by atoms with Crippen LogP contribution in [0.1, 0.15) is 27.2 Å². The fourth-order valence-electron chi connectivity index (χ4n) is 2.20. The van der Waals surface area contributed by atoms with Crippen LogP contribution in [0.4, 0.5) is 4.79 Å². The number of hydrogen-bond acceptors (Lipinski definition) is 5. The number of halogens is 1. The molecule has 1 aromatic rings. The summed E-state index contributed by atoms with van der Waals surface area (Å²) in [5, 5.41) is 1.77. The lowest BCUT2D eigenvalue weighted by Crippen LogP contribution is -2.45. The summed E-state index contributed by atoms with van der Waals surface area (Å²) in [7, 11) is -3.75. The molecule has 6 nitrogen and oxygen atoms in total. The molecule has 0 radical (unpaired) electrons. The molecule has 1 amide bonds. The second-order valence-corrected chi connectivity index (χ2v) is 9.04. The molecule has 2 rings (SSSR count). The molecule has 1 fully saturated rings. The van der Waals surface area contributed by atoms with Gasteiger partial charge in [0.15, 0.2) is 9.84 Å². The molecule has 0 spiro atoms. The molecule has 8 heteroatoms. The Hall–Kier alpha value is -1.60. The van der Waals surface area contributed by atoms with Crippen LogP contribution in [-0.4, -0.2) is 37.2 Å². The minimum Gasteiger partial charge on any atom is -0.444 e. The van der Waals surface area contributed by atoms with Crippen molar-refractivity contribution in [2.45, 2.75) is 48.5 Å². The van der Waals surface area contributed by atoms with E-state index in [1.807, 2.05) is 0 Å². The van der Waals surface area contributed by atoms with E-state index in [4.69, 9.17) is 16.3 Å². The predicted molar refractivity (Wildman–Crippen MR) is 85.2 cm³/mol. The van der Waals surface area contributed by atoms with Crippen LogP contribution in [-0.2, 0) is 19.4 Å². The molecule has 1 aromatic carbocycles. The van der Waals surface area contributed by atoms with Crippen LogP contribution in [0, 0.1) is 0 Å². The third-order valence-corrected chi connectivity index (χ3v) is 5.92. The number of benzene rings is 1. The second kappa shape index (κ2) is 5.79. The number of ether oxygens (including phenoxy) is 1. The second-order valence-electron chi connectivity index (χ2n) is 6.48. The topological polar surface area (TPSA) is 89.5 Å². The molecular formula is C15H18ClNO5S. The van der Waals surface area contributed by atoms with Crippen molar-refractivity contribution in [3.63, 3.8) is 0 Å². The molecule has 126 valence electrons. The molecule has 1 aliphatic carbocycles. The molecule has 1 saturated carbocycles. The van der Waals surface area contributed by atoms with Crippen LogP contribution < -0.4 is 5.32 Å². The summed E-state index contributed by atoms with van der Waals surface area (Å²) < 4.78 is 30.2. The van der Waals surface area contributed by atoms with Crippen LogP contribution in [0.2, 0.25) is 5.02 Å². The van der Waals surface area contributed by atoms with Crippen molar-refractivity contribution in [3.05, 3.63) is 29.3 Å². The number of hydrogen-bond donors (Lipinski definition) is 1. The van der Waals surface area contributed by atoms with E-state index in [-0.39, 0.29) is 11.3 Å². The molecule has 0 heterocycles. The summed E-state index contributed by atoms with van der Waals surface area (Å²) in [5.41, 5.74) is -2.19. The van der Waals surface area contributed by atoms with Gasteiger partial charge in [-0.25, -0.2) is 13.2 Å². The Balaban J connectivity index is 2.18. The van der Waals surface area contributed by atoms with Gasteiger partial charge in [-0.1, -0.05) is 11.6 Å². The number of rotatable bonds is 4. The Morgan fingerprint density at radius 2 is 1.91 bits per heavy atom. The van der Waals surface area contributed by atoms with Gasteiger partial charge in [0.2, 0.25) is 0 Å². The van der Waals surface area contributed by atoms with Gasteiger partial charge in [0.1, 0.15) is 17.4 Å². The van der Waals surface area contributed by atoms with Crippen molar-refractivity contribution in [2.24, 2.45) is 0 Å². The minimum absolute atomic E-state index is 0.0146. The lowest BCUT2D eigenvalue weighted by atomic mass is 10.2. The van der Waals surface area contributed by atoms with Gasteiger partial charge in [0, 0.05) is 5.02 Å². The van der Waals surface area contributed by atoms with Gasteiger partial charge in [-0.05, 0) is 51.5 Å². The number of sulfone groups is 1. The lowest BCUT2D eigenvalue weighted by molar-refractivity contribution is -0.110. The van der Waals surface area contributed by atoms with E-state index in [0.29, 0.717) is 11.3 Å². The smallest absolute Gasteiger partial charge is 0.408 e. The fourth-order valence-corrected chi connectivity index (χ4v) is 4.33. The number of carbonyl (C=O) groups excluding carboxylic acids is 2. The molecule has 0 unspecified atom stereocenters. The molecule has 0 aromatic heterocycles. The van der Waals surface area contributed by atoms with Crippen LogP contribution in [0.3, 0.4) is 0 Å². The molecule has 1 aliphatic rings. The average Bonchev–Trinajstić information content (AvgIpc) is 3.12. The highest BCUT2D eigenvalue weighted by molar-refractivity contribution is 7.92. The molecule has 0 aliphatic heterocycles. The van der Waals surface area contributed by atoms with E-state index in [1.54, 1.807) is 20.8 Å². The number of aldehydes is 1. The first-order chi connectivity index (χ1) is 10.5. The first-order valence-electron chi connectivity index (χ1n) is 6.97. The van der Waals surface area contributed by atoms with Crippen LogP contribution in [0.15, 0.2) is 29.2 Å². The summed E-state index contributed by atoms with van der Waals surface area (Å²) in [6.45, 7) is 5.03. The van der Waals surface area contributed by atoms with E-state index < -0.39 is 32.3 Å². The maximum absolute atomic E-state index is 12.6. The Morgan fingerprint density at radius 1 is 1.35 bits per heavy atom. The average molecular weight is 360 g/mol. The van der Waals surface area contributed by atoms with Crippen molar-refractivity contribution >= 4 is 33.8 Å². The monoisotopic (exact) mass is 359 g/mol. The van der Waals surface area contributed by atoms with E-state index in [1.165, 1.54) is 24.3 Å². The molecule has 2 atom stereocenters. The van der Waals surface area contributed by atoms with Crippen molar-refractivity contribution in [1.82, 2.24) is 5.32 Å². The van der Waals surface area contributed by atoms with Crippen molar-refractivity contribution in [3.8, 4) is 0 Å². The van der Waals surface area contributed by atoms with Gasteiger partial charge in [-0.3, -0.25) is 0 Å². The summed E-state index contributed by atoms with van der Waals surface area (Å²) in [6.07, 6.45) is -0.353. The Morgan fingerprint density at radius 3 is 2.39 bits per heavy atom. The number of carbonyl (C=O) groups is 2. The highest BCUT2D eigenvalue weighted by Crippen LogP contribution is 2.43. The van der Waals surface area contributed by atoms with Gasteiger partial charge in [-0.15, -0.1) is 0 Å². The molecule has 0 bridgehead atoms. The maximum atomic E-state index is 12.6. The first-order valence-corrected chi connectivity index (χ1v) is 8.90. The van der Waals surface area contributed by atoms with Crippen molar-refractivity contribution in [2.75, 3.05) is 0 Å². The molecule has 1 N–H and O–H groups in total. The minimum atomic E-state index is -3.75. The van der Waals surface area contributed by atoms with Crippen LogP contribution in [0.5, 0.6) is 0 Å². The first kappa shape index (κ1) is 17.7. The summed E-state index contributed by atoms with van der Waals surface area (Å²) in [6, 6.07) is 5.67. The summed E-state index contributed by atoms with van der Waals surface area (Å²) in [4.78, 5) is 23.3. The Bertz CT molecular complexity index is 723. The Labute approximate surface area is 140 Å². The van der Waals surface area contributed by atoms with Crippen molar-refractivity contribution in [1.29, 1.82) is 0 Å². The quantitative estimate of drug-likeness (QED) is 0.833. The van der Waals surface area contributed by atoms with E-state index in [9.17, 15) is 18.0 Å². The van der Waals surface area contributed by atoms with E-state index >= 15 is 0 Å². The molecule has 0 saturated heterocycles. The van der Waals surface area contributed by atoms with Crippen molar-refractivity contribution < 1.29 is 22.7 Å². The van der Waals surface area contributed by atoms with E-state index in [2.05, 4.69) is 5.32 Å². The van der Waals surface area contributed by atoms with Gasteiger partial charge < -0.3 is 14.8 Å². The van der Waals surface area contributed by atoms with Gasteiger partial charge in [-0.2, -0.15) is 0 Å². The van der Waals surface area contributed by atoms with E-state index in [0.717, 1.165) is 0 Å². The zero-order valence-corrected chi connectivity index (χ0v) is 14.6. The number of alkyl carbamates (subject to hydrolysis) is 1. The number of nitrogens with one attached hydrogen (secondary N) is 1. The van der Waals surface area contributed by atoms with Crippen LogP contribution >= 0.6 is 11.6 Å². The number of amides is 1. The molecule has 23 heavy (non-hydrogen) atoms. The highest BCUT2D eigenvalue weighted by atomic mass is 35.5. The normalized spacial score (nSPS) is 23.9.